The second kappa shape index (κ2) is 20.7. The molecule has 3 aromatic heterocycles. The monoisotopic (exact) mass is 830 g/mol. The summed E-state index contributed by atoms with van der Waals surface area (Å²) in [6.07, 6.45) is 8.92. The molecule has 5 aromatic rings. The molecule has 0 aliphatic carbocycles. The molecule has 3 heterocycles. The average molecular weight is 831 g/mol. The van der Waals surface area contributed by atoms with Gasteiger partial charge in [-0.15, -0.1) is 0 Å². The zero-order chi connectivity index (χ0) is 41.7. The highest BCUT2D eigenvalue weighted by Gasteiger charge is 2.21. The van der Waals surface area contributed by atoms with Crippen molar-refractivity contribution in [3.05, 3.63) is 94.4 Å². The minimum atomic E-state index is -1.41. The van der Waals surface area contributed by atoms with Gasteiger partial charge in [0.2, 0.25) is 16.7 Å². The van der Waals surface area contributed by atoms with Gasteiger partial charge < -0.3 is 26.7 Å². The number of benzene rings is 2. The van der Waals surface area contributed by atoms with Crippen LogP contribution >= 0.6 is 23.5 Å². The van der Waals surface area contributed by atoms with E-state index in [9.17, 15) is 27.4 Å². The molecule has 5 rings (SSSR count). The van der Waals surface area contributed by atoms with Gasteiger partial charge >= 0.3 is 0 Å². The number of carbonyl (C=O) groups is 3. The Kier molecular flexibility index (Phi) is 16.5. The summed E-state index contributed by atoms with van der Waals surface area (Å²) in [4.78, 5) is 64.7. The first kappa shape index (κ1) is 44.6. The number of ether oxygens (including phenoxy) is 2. The van der Waals surface area contributed by atoms with Crippen molar-refractivity contribution >= 4 is 69.3 Å². The van der Waals surface area contributed by atoms with Gasteiger partial charge in [0.25, 0.3) is 5.91 Å². The predicted octanol–water partition coefficient (Wildman–Crippen LogP) is 3.75. The number of carbonyl (C=O) groups excluding carboxylic acids is 3. The fourth-order valence-corrected chi connectivity index (χ4v) is 5.37. The Labute approximate surface area is 330 Å². The van der Waals surface area contributed by atoms with Crippen molar-refractivity contribution in [2.75, 3.05) is 64.3 Å². The lowest BCUT2D eigenvalue weighted by Crippen LogP contribution is -2.26. The van der Waals surface area contributed by atoms with Gasteiger partial charge in [-0.05, 0) is 48.9 Å². The topological polar surface area (TPSA) is 255 Å². The number of aromatic nitrogens is 6. The highest BCUT2D eigenvalue weighted by Crippen LogP contribution is 2.26. The number of hydrogen-bond acceptors (Lipinski definition) is 18. The summed E-state index contributed by atoms with van der Waals surface area (Å²) in [5.41, 5.74) is 17.5. The van der Waals surface area contributed by atoms with Crippen LogP contribution < -0.4 is 26.7 Å². The molecule has 1 atom stereocenters. The van der Waals surface area contributed by atoms with Crippen molar-refractivity contribution in [2.24, 2.45) is 0 Å². The molecule has 296 valence electrons. The molecule has 0 saturated carbocycles. The first-order valence-corrected chi connectivity index (χ1v) is 19.5. The number of halogens is 2. The molecule has 6 N–H and O–H groups in total. The Morgan fingerprint density at radius 3 is 1.45 bits per heavy atom. The largest absolute Gasteiger partial charge is 0.496 e. The van der Waals surface area contributed by atoms with E-state index < -0.39 is 34.0 Å². The van der Waals surface area contributed by atoms with E-state index in [1.54, 1.807) is 6.26 Å². The summed E-state index contributed by atoms with van der Waals surface area (Å²) in [6, 6.07) is 7.27. The normalized spacial score (nSPS) is 10.9. The van der Waals surface area contributed by atoms with E-state index in [1.165, 1.54) is 101 Å². The molecule has 56 heavy (non-hydrogen) atoms. The van der Waals surface area contributed by atoms with Crippen molar-refractivity contribution in [3.63, 3.8) is 0 Å². The third-order valence-electron chi connectivity index (χ3n) is 7.10. The Bertz CT molecular complexity index is 2260. The third-order valence-corrected chi connectivity index (χ3v) is 8.94. The van der Waals surface area contributed by atoms with Crippen molar-refractivity contribution in [3.8, 4) is 11.5 Å². The van der Waals surface area contributed by atoms with Crippen LogP contribution in [0.5, 0.6) is 11.5 Å². The molecule has 0 radical (unpaired) electrons. The molecule has 2 aromatic carbocycles. The van der Waals surface area contributed by atoms with Crippen LogP contribution in [0.4, 0.5) is 26.2 Å². The van der Waals surface area contributed by atoms with E-state index in [1.807, 2.05) is 6.26 Å². The molecule has 1 unspecified atom stereocenters. The number of nitrogens with zero attached hydrogens (tertiary/aromatic N) is 7. The van der Waals surface area contributed by atoms with Crippen molar-refractivity contribution in [1.29, 1.82) is 0 Å². The molecule has 0 fully saturated rings. The van der Waals surface area contributed by atoms with Crippen molar-refractivity contribution < 1.29 is 41.7 Å². The Hall–Kier alpha value is -5.84. The van der Waals surface area contributed by atoms with Crippen LogP contribution in [0.2, 0.25) is 0 Å². The molecule has 22 heteroatoms. The number of thioether (sulfide) groups is 2. The average Bonchev–Trinajstić information content (AvgIpc) is 3.19. The summed E-state index contributed by atoms with van der Waals surface area (Å²) < 4.78 is 48.0. The molecular formula is C34H36F2N10O7S3. The van der Waals surface area contributed by atoms with Gasteiger partial charge in [-0.3, -0.25) is 23.4 Å². The lowest BCUT2D eigenvalue weighted by atomic mass is 10.0. The van der Waals surface area contributed by atoms with Crippen LogP contribution in [-0.2, 0) is 15.6 Å². The maximum Gasteiger partial charge on any atom is 0.282 e. The molecule has 0 aliphatic rings. The predicted molar refractivity (Wildman–Crippen MR) is 207 cm³/mol. The highest BCUT2D eigenvalue weighted by molar-refractivity contribution is 7.98. The van der Waals surface area contributed by atoms with Crippen LogP contribution in [0.1, 0.15) is 42.2 Å². The molecule has 0 bridgehead atoms. The summed E-state index contributed by atoms with van der Waals surface area (Å²) in [6.45, 7) is 0. The van der Waals surface area contributed by atoms with Gasteiger partial charge in [-0.2, -0.15) is 0 Å². The number of rotatable bonds is 11. The maximum atomic E-state index is 13.3. The van der Waals surface area contributed by atoms with E-state index in [0.29, 0.717) is 10.3 Å². The summed E-state index contributed by atoms with van der Waals surface area (Å²) >= 11 is 2.67. The first-order chi connectivity index (χ1) is 26.6. The third kappa shape index (κ3) is 11.3. The van der Waals surface area contributed by atoms with Crippen molar-refractivity contribution in [1.82, 2.24) is 35.0 Å². The Balaban J connectivity index is 0.000000229. The van der Waals surface area contributed by atoms with E-state index in [0.717, 1.165) is 17.2 Å². The fraction of sp³-hybridized carbons (Fsp3) is 0.206. The smallest absolute Gasteiger partial charge is 0.282 e. The van der Waals surface area contributed by atoms with Gasteiger partial charge in [-0.1, -0.05) is 23.5 Å². The number of nitrogens with two attached hydrogens (primary N) is 3. The SMILES string of the molecule is CON(C)C(=O)c1cnc(SC)nc1N.COc1ccc(F)cc1C(=O)c1cnc(S(C)=O)nc1N.COc1ccc(F)cc1C(=O)c1cnc(SC)nc1N. The maximum absolute atomic E-state index is 13.3. The van der Waals surface area contributed by atoms with E-state index in [4.69, 9.17) is 31.5 Å². The number of hydroxylamine groups is 2. The van der Waals surface area contributed by atoms with Crippen LogP contribution in [0.3, 0.4) is 0 Å². The van der Waals surface area contributed by atoms with Gasteiger partial charge in [0.15, 0.2) is 10.3 Å². The lowest BCUT2D eigenvalue weighted by Gasteiger charge is -2.14. The van der Waals surface area contributed by atoms with Crippen LogP contribution in [0.25, 0.3) is 0 Å². The zero-order valence-electron chi connectivity index (χ0n) is 30.9. The van der Waals surface area contributed by atoms with E-state index in [2.05, 4.69) is 29.9 Å². The minimum absolute atomic E-state index is 0.00639. The quantitative estimate of drug-likeness (QED) is 0.0741. The minimum Gasteiger partial charge on any atom is -0.496 e. The summed E-state index contributed by atoms with van der Waals surface area (Å²) in [7, 11) is 4.24. The highest BCUT2D eigenvalue weighted by atomic mass is 32.2. The number of anilines is 3. The molecule has 0 aliphatic heterocycles. The molecule has 0 saturated heterocycles. The second-order valence-electron chi connectivity index (χ2n) is 10.5. The lowest BCUT2D eigenvalue weighted by molar-refractivity contribution is -0.0756. The van der Waals surface area contributed by atoms with Gasteiger partial charge in [0.1, 0.15) is 46.2 Å². The second-order valence-corrected chi connectivity index (χ2v) is 13.4. The number of amides is 1. The summed E-state index contributed by atoms with van der Waals surface area (Å²) in [5, 5.41) is 2.08. The molecular weight excluding hydrogens is 795 g/mol. The van der Waals surface area contributed by atoms with Crippen LogP contribution in [0, 0.1) is 11.6 Å². The van der Waals surface area contributed by atoms with E-state index in [-0.39, 0.29) is 67.8 Å². The molecule has 17 nitrogen and oxygen atoms in total. The summed E-state index contributed by atoms with van der Waals surface area (Å²) in [5.74, 6) is -1.96. The number of nitrogen functional groups attached to an aromatic ring is 3. The number of methoxy groups -OCH3 is 2. The van der Waals surface area contributed by atoms with E-state index >= 15 is 0 Å². The Morgan fingerprint density at radius 2 is 1.09 bits per heavy atom. The molecule has 0 spiro atoms. The van der Waals surface area contributed by atoms with Crippen LogP contribution in [0.15, 0.2) is 70.5 Å². The van der Waals surface area contributed by atoms with Gasteiger partial charge in [-0.25, -0.2) is 43.7 Å². The van der Waals surface area contributed by atoms with Gasteiger partial charge in [0, 0.05) is 31.9 Å². The van der Waals surface area contributed by atoms with Crippen LogP contribution in [-0.4, -0.2) is 104 Å². The standard InChI is InChI=1S/C13H12FN3O3S.C13H12FN3O2S.C8H12N4O2S/c1-20-10-4-3-7(14)5-8(10)11(18)9-6-16-13(21(2)19)17-12(9)15;1-19-10-4-3-7(14)5-8(10)11(18)9-6-16-13(20-2)17-12(9)15;1-12(14-2)7(13)5-4-10-8(15-3)11-6(5)9/h3-6H,1-2H3,(H2,15,16,17);3-6H,1-2H3,(H2,15,16,17);4H,1-3H3,(H2,9,10,11). The van der Waals surface area contributed by atoms with Crippen molar-refractivity contribution in [2.45, 2.75) is 15.5 Å². The Morgan fingerprint density at radius 1 is 0.679 bits per heavy atom. The fourth-order valence-electron chi connectivity index (χ4n) is 4.24. The van der Waals surface area contributed by atoms with Gasteiger partial charge in [0.05, 0.1) is 54.4 Å². The molecule has 1 amide bonds. The number of hydrogen-bond donors (Lipinski definition) is 3. The zero-order valence-corrected chi connectivity index (χ0v) is 33.3. The number of ketones is 2. The first-order valence-electron chi connectivity index (χ1n) is 15.5.